The third-order valence-electron chi connectivity index (χ3n) is 3.90. The number of hydrogen-bond donors (Lipinski definition) is 0. The van der Waals surface area contributed by atoms with Crippen molar-refractivity contribution in [3.8, 4) is 17.2 Å². The van der Waals surface area contributed by atoms with Crippen LogP contribution in [0.2, 0.25) is 0 Å². The number of fused-ring (bicyclic) bond motifs is 1. The fourth-order valence-electron chi connectivity index (χ4n) is 2.61. The first-order chi connectivity index (χ1) is 13.1. The number of rotatable bonds is 5. The van der Waals surface area contributed by atoms with E-state index in [1.807, 2.05) is 36.4 Å². The number of aromatic nitrogens is 2. The van der Waals surface area contributed by atoms with Crippen LogP contribution in [-0.2, 0) is 5.75 Å². The lowest BCUT2D eigenvalue weighted by Gasteiger charge is -2.05. The summed E-state index contributed by atoms with van der Waals surface area (Å²) in [6.07, 6.45) is 0. The summed E-state index contributed by atoms with van der Waals surface area (Å²) in [5.41, 5.74) is 1.73. The molecular weight excluding hydrogens is 432 g/mol. The number of ether oxygens (including phenoxy) is 1. The van der Waals surface area contributed by atoms with E-state index in [0.29, 0.717) is 28.2 Å². The molecule has 0 radical (unpaired) electrons. The summed E-state index contributed by atoms with van der Waals surface area (Å²) >= 11 is 4.84. The van der Waals surface area contributed by atoms with Crippen LogP contribution in [0.4, 0.5) is 0 Å². The molecule has 4 rings (SSSR count). The Balaban J connectivity index is 1.59. The maximum absolute atomic E-state index is 11.9. The molecule has 0 aliphatic heterocycles. The van der Waals surface area contributed by atoms with Crippen molar-refractivity contribution in [3.63, 3.8) is 0 Å². The van der Waals surface area contributed by atoms with E-state index >= 15 is 0 Å². The number of benzene rings is 2. The Morgan fingerprint density at radius 1 is 1.11 bits per heavy atom. The van der Waals surface area contributed by atoms with Gasteiger partial charge < -0.3 is 13.6 Å². The lowest BCUT2D eigenvalue weighted by atomic mass is 10.1. The third kappa shape index (κ3) is 3.77. The number of thioether (sulfide) groups is 1. The van der Waals surface area contributed by atoms with E-state index in [1.165, 1.54) is 17.8 Å². The van der Waals surface area contributed by atoms with E-state index in [-0.39, 0.29) is 0 Å². The minimum absolute atomic E-state index is 0.411. The van der Waals surface area contributed by atoms with E-state index in [0.717, 1.165) is 21.0 Å². The van der Waals surface area contributed by atoms with E-state index in [1.54, 1.807) is 13.2 Å². The molecule has 0 bridgehead atoms. The SMILES string of the molecule is COc1ccc2c(CSc3nnc(-c4ccccc4Br)o3)cc(=O)oc2c1. The summed E-state index contributed by atoms with van der Waals surface area (Å²) in [7, 11) is 1.57. The minimum atomic E-state index is -0.411. The van der Waals surface area contributed by atoms with Crippen molar-refractivity contribution in [2.24, 2.45) is 0 Å². The van der Waals surface area contributed by atoms with Gasteiger partial charge in [0, 0.05) is 27.7 Å². The number of methoxy groups -OCH3 is 1. The zero-order valence-electron chi connectivity index (χ0n) is 14.1. The predicted molar refractivity (Wildman–Crippen MR) is 106 cm³/mol. The molecule has 0 aliphatic carbocycles. The van der Waals surface area contributed by atoms with Crippen molar-refractivity contribution in [1.29, 1.82) is 0 Å². The van der Waals surface area contributed by atoms with Crippen molar-refractivity contribution in [1.82, 2.24) is 10.2 Å². The zero-order chi connectivity index (χ0) is 18.8. The fraction of sp³-hybridized carbons (Fsp3) is 0.105. The first-order valence-electron chi connectivity index (χ1n) is 7.96. The van der Waals surface area contributed by atoms with Crippen molar-refractivity contribution >= 4 is 38.7 Å². The van der Waals surface area contributed by atoms with Crippen LogP contribution in [0.3, 0.4) is 0 Å². The molecule has 6 nitrogen and oxygen atoms in total. The van der Waals surface area contributed by atoms with Crippen molar-refractivity contribution in [2.75, 3.05) is 7.11 Å². The van der Waals surface area contributed by atoms with E-state index < -0.39 is 5.63 Å². The van der Waals surface area contributed by atoms with Gasteiger partial charge in [0.2, 0.25) is 5.89 Å². The highest BCUT2D eigenvalue weighted by molar-refractivity contribution is 9.10. The average Bonchev–Trinajstić information content (AvgIpc) is 3.14. The van der Waals surface area contributed by atoms with Crippen LogP contribution in [-0.4, -0.2) is 17.3 Å². The predicted octanol–water partition coefficient (Wildman–Crippen LogP) is 4.91. The lowest BCUT2D eigenvalue weighted by Crippen LogP contribution is -2.00. The Hall–Kier alpha value is -2.58. The molecule has 2 aromatic carbocycles. The molecule has 0 spiro atoms. The summed E-state index contributed by atoms with van der Waals surface area (Å²) in [6, 6.07) is 14.5. The van der Waals surface area contributed by atoms with Crippen LogP contribution in [0.15, 0.2) is 71.9 Å². The van der Waals surface area contributed by atoms with Gasteiger partial charge in [0.25, 0.3) is 5.22 Å². The molecule has 0 amide bonds. The first-order valence-corrected chi connectivity index (χ1v) is 9.74. The maximum Gasteiger partial charge on any atom is 0.336 e. The van der Waals surface area contributed by atoms with E-state index in [2.05, 4.69) is 26.1 Å². The molecule has 0 aliphatic rings. The Bertz CT molecular complexity index is 1170. The summed E-state index contributed by atoms with van der Waals surface area (Å²) in [6.45, 7) is 0. The molecule has 0 unspecified atom stereocenters. The molecule has 2 heterocycles. The van der Waals surface area contributed by atoms with Gasteiger partial charge in [-0.3, -0.25) is 0 Å². The summed E-state index contributed by atoms with van der Waals surface area (Å²) in [5.74, 6) is 1.56. The number of nitrogens with zero attached hydrogens (tertiary/aromatic N) is 2. The summed E-state index contributed by atoms with van der Waals surface area (Å²) in [5, 5.41) is 9.45. The average molecular weight is 445 g/mol. The van der Waals surface area contributed by atoms with Crippen molar-refractivity contribution in [2.45, 2.75) is 11.0 Å². The van der Waals surface area contributed by atoms with Gasteiger partial charge in [0.1, 0.15) is 11.3 Å². The van der Waals surface area contributed by atoms with Crippen molar-refractivity contribution < 1.29 is 13.6 Å². The van der Waals surface area contributed by atoms with Gasteiger partial charge in [-0.05, 0) is 45.8 Å². The van der Waals surface area contributed by atoms with Crippen molar-refractivity contribution in [3.05, 3.63) is 69.0 Å². The van der Waals surface area contributed by atoms with Gasteiger partial charge >= 0.3 is 5.63 Å². The standard InChI is InChI=1S/C19H13BrN2O4S/c1-24-12-6-7-13-11(8-17(23)25-16(13)9-12)10-27-19-22-21-18(26-19)14-4-2-3-5-15(14)20/h2-9H,10H2,1H3. The Labute approximate surface area is 166 Å². The molecule has 136 valence electrons. The van der Waals surface area contributed by atoms with Gasteiger partial charge in [-0.1, -0.05) is 23.9 Å². The van der Waals surface area contributed by atoms with E-state index in [9.17, 15) is 4.79 Å². The Morgan fingerprint density at radius 2 is 1.96 bits per heavy atom. The maximum atomic E-state index is 11.9. The fourth-order valence-corrected chi connectivity index (χ4v) is 3.82. The highest BCUT2D eigenvalue weighted by Crippen LogP contribution is 2.31. The van der Waals surface area contributed by atoms with Crippen LogP contribution in [0, 0.1) is 0 Å². The molecular formula is C19H13BrN2O4S. The zero-order valence-corrected chi connectivity index (χ0v) is 16.5. The molecule has 27 heavy (non-hydrogen) atoms. The first kappa shape index (κ1) is 17.8. The molecule has 0 fully saturated rings. The Kier molecular flexibility index (Phi) is 5.00. The topological polar surface area (TPSA) is 78.4 Å². The second-order valence-corrected chi connectivity index (χ2v) is 7.38. The molecule has 0 N–H and O–H groups in total. The smallest absolute Gasteiger partial charge is 0.336 e. The van der Waals surface area contributed by atoms with Gasteiger partial charge in [-0.25, -0.2) is 4.79 Å². The number of hydrogen-bond acceptors (Lipinski definition) is 7. The van der Waals surface area contributed by atoms with Crippen LogP contribution < -0.4 is 10.4 Å². The summed E-state index contributed by atoms with van der Waals surface area (Å²) < 4.78 is 17.1. The molecule has 2 aromatic heterocycles. The monoisotopic (exact) mass is 444 g/mol. The molecule has 8 heteroatoms. The molecule has 0 saturated carbocycles. The van der Waals surface area contributed by atoms with E-state index in [4.69, 9.17) is 13.6 Å². The quantitative estimate of drug-likeness (QED) is 0.319. The van der Waals surface area contributed by atoms with Crippen LogP contribution in [0.1, 0.15) is 5.56 Å². The minimum Gasteiger partial charge on any atom is -0.497 e. The Morgan fingerprint density at radius 3 is 2.78 bits per heavy atom. The van der Waals surface area contributed by atoms with Crippen LogP contribution in [0.25, 0.3) is 22.4 Å². The molecule has 0 atom stereocenters. The largest absolute Gasteiger partial charge is 0.497 e. The second kappa shape index (κ2) is 7.58. The highest BCUT2D eigenvalue weighted by Gasteiger charge is 2.13. The van der Waals surface area contributed by atoms with Crippen LogP contribution >= 0.6 is 27.7 Å². The van der Waals surface area contributed by atoms with Gasteiger partial charge in [0.15, 0.2) is 0 Å². The molecule has 4 aromatic rings. The van der Waals surface area contributed by atoms with Gasteiger partial charge in [-0.2, -0.15) is 0 Å². The lowest BCUT2D eigenvalue weighted by molar-refractivity contribution is 0.414. The summed E-state index contributed by atoms with van der Waals surface area (Å²) in [4.78, 5) is 11.9. The number of halogens is 1. The van der Waals surface area contributed by atoms with Crippen LogP contribution in [0.5, 0.6) is 5.75 Å². The molecule has 0 saturated heterocycles. The third-order valence-corrected chi connectivity index (χ3v) is 5.46. The van der Waals surface area contributed by atoms with Gasteiger partial charge in [-0.15, -0.1) is 10.2 Å². The second-order valence-electron chi connectivity index (χ2n) is 5.59. The highest BCUT2D eigenvalue weighted by atomic mass is 79.9. The van der Waals surface area contributed by atoms with Gasteiger partial charge in [0.05, 0.1) is 12.7 Å². The normalized spacial score (nSPS) is 11.0.